The summed E-state index contributed by atoms with van der Waals surface area (Å²) in [5.74, 6) is -0.711. The maximum atomic E-state index is 14.1. The van der Waals surface area contributed by atoms with Gasteiger partial charge in [-0.15, -0.1) is 0 Å². The van der Waals surface area contributed by atoms with Gasteiger partial charge in [-0.05, 0) is 31.4 Å². The Morgan fingerprint density at radius 1 is 1.18 bits per heavy atom. The van der Waals surface area contributed by atoms with Crippen LogP contribution in [0.15, 0.2) is 30.0 Å². The number of carbonyl (C=O) groups is 2. The van der Waals surface area contributed by atoms with E-state index in [1.54, 1.807) is 28.0 Å². The molecule has 3 aliphatic rings. The van der Waals surface area contributed by atoms with E-state index in [1.165, 1.54) is 12.1 Å². The summed E-state index contributed by atoms with van der Waals surface area (Å²) >= 11 is 0. The van der Waals surface area contributed by atoms with Crippen LogP contribution in [0.5, 0.6) is 0 Å². The van der Waals surface area contributed by atoms with Crippen LogP contribution in [-0.2, 0) is 19.1 Å². The molecular weight excluding hydrogens is 363 g/mol. The molecule has 2 atom stereocenters. The molecule has 3 fully saturated rings. The van der Waals surface area contributed by atoms with Crippen LogP contribution in [0.2, 0.25) is 0 Å². The SMILES string of the molecule is O=C(CN1C(=O)/C(=C/c2ccccc2F)OC2CCCCC21)N1CCOCC1. The van der Waals surface area contributed by atoms with Crippen LogP contribution in [0.4, 0.5) is 4.39 Å². The van der Waals surface area contributed by atoms with Gasteiger partial charge in [-0.2, -0.15) is 0 Å². The maximum Gasteiger partial charge on any atom is 0.289 e. The molecule has 0 bridgehead atoms. The van der Waals surface area contributed by atoms with Crippen molar-refractivity contribution >= 4 is 17.9 Å². The molecule has 28 heavy (non-hydrogen) atoms. The lowest BCUT2D eigenvalue weighted by atomic mass is 9.89. The minimum atomic E-state index is -0.409. The summed E-state index contributed by atoms with van der Waals surface area (Å²) in [7, 11) is 0. The molecule has 2 saturated heterocycles. The first kappa shape index (κ1) is 18.9. The Kier molecular flexibility index (Phi) is 5.62. The van der Waals surface area contributed by atoms with Crippen molar-refractivity contribution in [2.24, 2.45) is 0 Å². The van der Waals surface area contributed by atoms with Crippen molar-refractivity contribution in [3.05, 3.63) is 41.4 Å². The van der Waals surface area contributed by atoms with Crippen molar-refractivity contribution < 1.29 is 23.5 Å². The van der Waals surface area contributed by atoms with Crippen LogP contribution in [0.1, 0.15) is 31.2 Å². The quantitative estimate of drug-likeness (QED) is 0.745. The number of amides is 2. The predicted octanol–water partition coefficient (Wildman–Crippen LogP) is 2.20. The van der Waals surface area contributed by atoms with Gasteiger partial charge in [0.1, 0.15) is 18.5 Å². The van der Waals surface area contributed by atoms with Gasteiger partial charge in [-0.3, -0.25) is 9.59 Å². The minimum Gasteiger partial charge on any atom is -0.482 e. The van der Waals surface area contributed by atoms with Crippen molar-refractivity contribution in [3.8, 4) is 0 Å². The number of hydrogen-bond acceptors (Lipinski definition) is 4. The average molecular weight is 388 g/mol. The molecule has 1 aromatic carbocycles. The maximum absolute atomic E-state index is 14.1. The lowest BCUT2D eigenvalue weighted by Gasteiger charge is -2.44. The molecule has 2 heterocycles. The molecular formula is C21H25FN2O4. The summed E-state index contributed by atoms with van der Waals surface area (Å²) in [6, 6.07) is 6.17. The van der Waals surface area contributed by atoms with Gasteiger partial charge in [0.05, 0.1) is 19.3 Å². The van der Waals surface area contributed by atoms with Gasteiger partial charge >= 0.3 is 0 Å². The van der Waals surface area contributed by atoms with E-state index < -0.39 is 5.82 Å². The third kappa shape index (κ3) is 3.90. The molecule has 1 saturated carbocycles. The molecule has 7 heteroatoms. The number of ether oxygens (including phenoxy) is 2. The molecule has 150 valence electrons. The first-order chi connectivity index (χ1) is 13.6. The second kappa shape index (κ2) is 8.31. The van der Waals surface area contributed by atoms with Crippen molar-refractivity contribution in [2.75, 3.05) is 32.8 Å². The van der Waals surface area contributed by atoms with E-state index >= 15 is 0 Å². The smallest absolute Gasteiger partial charge is 0.289 e. The normalized spacial score (nSPS) is 26.8. The van der Waals surface area contributed by atoms with Crippen molar-refractivity contribution in [3.63, 3.8) is 0 Å². The highest BCUT2D eigenvalue weighted by atomic mass is 19.1. The van der Waals surface area contributed by atoms with Crippen LogP contribution in [-0.4, -0.2) is 66.6 Å². The van der Waals surface area contributed by atoms with Gasteiger partial charge in [-0.25, -0.2) is 4.39 Å². The fourth-order valence-corrected chi connectivity index (χ4v) is 4.15. The second-order valence-corrected chi connectivity index (χ2v) is 7.46. The molecule has 4 rings (SSSR count). The Morgan fingerprint density at radius 2 is 1.93 bits per heavy atom. The molecule has 2 unspecified atom stereocenters. The fraction of sp³-hybridized carbons (Fsp3) is 0.524. The number of benzene rings is 1. The Hall–Kier alpha value is -2.41. The first-order valence-corrected chi connectivity index (χ1v) is 9.93. The Balaban J connectivity index is 1.58. The van der Waals surface area contributed by atoms with E-state index in [0.717, 1.165) is 25.7 Å². The van der Waals surface area contributed by atoms with Crippen LogP contribution in [0.25, 0.3) is 6.08 Å². The minimum absolute atomic E-state index is 0.0258. The Morgan fingerprint density at radius 3 is 2.71 bits per heavy atom. The van der Waals surface area contributed by atoms with Crippen molar-refractivity contribution in [1.29, 1.82) is 0 Å². The molecule has 0 spiro atoms. The van der Waals surface area contributed by atoms with Gasteiger partial charge in [0, 0.05) is 18.7 Å². The van der Waals surface area contributed by atoms with Crippen molar-refractivity contribution in [1.82, 2.24) is 9.80 Å². The summed E-state index contributed by atoms with van der Waals surface area (Å²) in [5, 5.41) is 0. The zero-order chi connectivity index (χ0) is 19.5. The van der Waals surface area contributed by atoms with Gasteiger partial charge in [0.25, 0.3) is 5.91 Å². The molecule has 2 amide bonds. The average Bonchev–Trinajstić information content (AvgIpc) is 2.73. The summed E-state index contributed by atoms with van der Waals surface area (Å²) in [6.45, 7) is 2.16. The van der Waals surface area contributed by atoms with E-state index in [0.29, 0.717) is 31.9 Å². The van der Waals surface area contributed by atoms with Crippen LogP contribution in [0.3, 0.4) is 0 Å². The van der Waals surface area contributed by atoms with E-state index in [-0.39, 0.29) is 36.3 Å². The first-order valence-electron chi connectivity index (χ1n) is 9.93. The topological polar surface area (TPSA) is 59.1 Å². The van der Waals surface area contributed by atoms with E-state index in [9.17, 15) is 14.0 Å². The van der Waals surface area contributed by atoms with E-state index in [1.807, 2.05) is 0 Å². The molecule has 6 nitrogen and oxygen atoms in total. The second-order valence-electron chi connectivity index (χ2n) is 7.46. The fourth-order valence-electron chi connectivity index (χ4n) is 4.15. The van der Waals surface area contributed by atoms with Gasteiger partial charge in [0.15, 0.2) is 5.76 Å². The van der Waals surface area contributed by atoms with Crippen LogP contribution < -0.4 is 0 Å². The number of hydrogen-bond donors (Lipinski definition) is 0. The number of fused-ring (bicyclic) bond motifs is 1. The summed E-state index contributed by atoms with van der Waals surface area (Å²) < 4.78 is 25.3. The highest BCUT2D eigenvalue weighted by Crippen LogP contribution is 2.33. The van der Waals surface area contributed by atoms with Crippen LogP contribution in [0, 0.1) is 5.82 Å². The summed E-state index contributed by atoms with van der Waals surface area (Å²) in [6.07, 6.45) is 4.98. The highest BCUT2D eigenvalue weighted by molar-refractivity contribution is 5.98. The third-order valence-corrected chi connectivity index (χ3v) is 5.68. The number of carbonyl (C=O) groups excluding carboxylic acids is 2. The number of morpholine rings is 2. The zero-order valence-corrected chi connectivity index (χ0v) is 15.8. The van der Waals surface area contributed by atoms with Gasteiger partial charge < -0.3 is 19.3 Å². The number of halogens is 1. The van der Waals surface area contributed by atoms with Gasteiger partial charge in [-0.1, -0.05) is 24.6 Å². The van der Waals surface area contributed by atoms with E-state index in [2.05, 4.69) is 0 Å². The number of nitrogens with zero attached hydrogens (tertiary/aromatic N) is 2. The molecule has 1 aliphatic carbocycles. The van der Waals surface area contributed by atoms with Crippen molar-refractivity contribution in [2.45, 2.75) is 37.8 Å². The lowest BCUT2D eigenvalue weighted by molar-refractivity contribution is -0.155. The molecule has 0 N–H and O–H groups in total. The molecule has 2 aliphatic heterocycles. The molecule has 0 aromatic heterocycles. The Labute approximate surface area is 163 Å². The molecule has 1 aromatic rings. The summed E-state index contributed by atoms with van der Waals surface area (Å²) in [4.78, 5) is 29.3. The predicted molar refractivity (Wildman–Crippen MR) is 101 cm³/mol. The number of rotatable bonds is 3. The summed E-state index contributed by atoms with van der Waals surface area (Å²) in [5.41, 5.74) is 0.305. The third-order valence-electron chi connectivity index (χ3n) is 5.68. The highest BCUT2D eigenvalue weighted by Gasteiger charge is 2.42. The monoisotopic (exact) mass is 388 g/mol. The Bertz CT molecular complexity index is 775. The van der Waals surface area contributed by atoms with E-state index in [4.69, 9.17) is 9.47 Å². The molecule has 0 radical (unpaired) electrons. The van der Waals surface area contributed by atoms with Gasteiger partial charge in [0.2, 0.25) is 5.91 Å². The largest absolute Gasteiger partial charge is 0.482 e. The van der Waals surface area contributed by atoms with Crippen LogP contribution >= 0.6 is 0 Å². The zero-order valence-electron chi connectivity index (χ0n) is 15.8. The lowest BCUT2D eigenvalue weighted by Crippen LogP contribution is -2.58. The standard InChI is InChI=1S/C21H25FN2O4/c22-16-6-2-1-5-15(16)13-19-21(26)24(17-7-3-4-8-18(17)28-19)14-20(25)23-9-11-27-12-10-23/h1-2,5-6,13,17-18H,3-4,7-12,14H2/b19-13-.